The molecule has 0 aliphatic carbocycles. The molecule has 0 spiro atoms. The van der Waals surface area contributed by atoms with E-state index in [1.165, 1.54) is 29.6 Å². The van der Waals surface area contributed by atoms with Crippen molar-refractivity contribution in [3.63, 3.8) is 0 Å². The van der Waals surface area contributed by atoms with Gasteiger partial charge in [-0.05, 0) is 68.6 Å². The van der Waals surface area contributed by atoms with Crippen LogP contribution in [0.15, 0.2) is 53.4 Å². The van der Waals surface area contributed by atoms with Gasteiger partial charge in [-0.1, -0.05) is 30.7 Å². The number of hydrogen-bond donors (Lipinski definition) is 1. The monoisotopic (exact) mass is 427 g/mol. The summed E-state index contributed by atoms with van der Waals surface area (Å²) in [6, 6.07) is 14.0. The van der Waals surface area contributed by atoms with E-state index in [0.29, 0.717) is 18.7 Å². The molecule has 2 aromatic rings. The van der Waals surface area contributed by atoms with Gasteiger partial charge in [0.25, 0.3) is 15.9 Å². The van der Waals surface area contributed by atoms with Gasteiger partial charge < -0.3 is 10.2 Å². The van der Waals surface area contributed by atoms with Crippen molar-refractivity contribution >= 4 is 21.6 Å². The number of aryl methyl sites for hydroxylation is 1. The Balaban J connectivity index is 1.47. The van der Waals surface area contributed by atoms with Crippen LogP contribution in [0, 0.1) is 0 Å². The van der Waals surface area contributed by atoms with E-state index >= 15 is 0 Å². The highest BCUT2D eigenvalue weighted by atomic mass is 32.2. The van der Waals surface area contributed by atoms with Gasteiger partial charge in [0, 0.05) is 25.2 Å². The summed E-state index contributed by atoms with van der Waals surface area (Å²) >= 11 is 0. The predicted molar refractivity (Wildman–Crippen MR) is 118 cm³/mol. The standard InChI is InChI=1S/C23H29N3O3S/c27-23(24-13-17-25-14-4-1-5-15-25)20-9-6-11-21(18-20)30(28,29)26-16-7-10-19-8-2-3-12-22(19)26/h2-3,6,8-9,11-12,18H,1,4-5,7,10,13-17H2,(H,24,27). The zero-order valence-corrected chi connectivity index (χ0v) is 18.0. The van der Waals surface area contributed by atoms with Crippen LogP contribution >= 0.6 is 0 Å². The zero-order chi connectivity index (χ0) is 21.0. The first-order valence-electron chi connectivity index (χ1n) is 10.8. The summed E-state index contributed by atoms with van der Waals surface area (Å²) in [6.07, 6.45) is 5.38. The zero-order valence-electron chi connectivity index (χ0n) is 17.2. The maximum Gasteiger partial charge on any atom is 0.264 e. The third kappa shape index (κ3) is 4.52. The number of nitrogens with one attached hydrogen (secondary N) is 1. The van der Waals surface area contributed by atoms with Crippen LogP contribution in [0.3, 0.4) is 0 Å². The van der Waals surface area contributed by atoms with E-state index in [4.69, 9.17) is 0 Å². The lowest BCUT2D eigenvalue weighted by Gasteiger charge is -2.30. The summed E-state index contributed by atoms with van der Waals surface area (Å²) in [4.78, 5) is 15.1. The van der Waals surface area contributed by atoms with Crippen LogP contribution in [-0.2, 0) is 16.4 Å². The molecule has 30 heavy (non-hydrogen) atoms. The van der Waals surface area contributed by atoms with Crippen molar-refractivity contribution in [1.29, 1.82) is 0 Å². The van der Waals surface area contributed by atoms with Gasteiger partial charge in [-0.15, -0.1) is 0 Å². The number of anilines is 1. The van der Waals surface area contributed by atoms with Gasteiger partial charge in [0.15, 0.2) is 0 Å². The quantitative estimate of drug-likeness (QED) is 0.769. The van der Waals surface area contributed by atoms with Crippen molar-refractivity contribution in [2.75, 3.05) is 37.0 Å². The number of rotatable bonds is 6. The van der Waals surface area contributed by atoms with E-state index in [-0.39, 0.29) is 10.8 Å². The van der Waals surface area contributed by atoms with Gasteiger partial charge in [0.2, 0.25) is 0 Å². The number of piperidine rings is 1. The van der Waals surface area contributed by atoms with E-state index in [0.717, 1.165) is 43.7 Å². The van der Waals surface area contributed by atoms with Crippen LogP contribution in [0.1, 0.15) is 41.6 Å². The highest BCUT2D eigenvalue weighted by Gasteiger charge is 2.29. The number of nitrogens with zero attached hydrogens (tertiary/aromatic N) is 2. The molecule has 1 amide bonds. The van der Waals surface area contributed by atoms with Crippen molar-refractivity contribution in [3.05, 3.63) is 59.7 Å². The number of sulfonamides is 1. The second-order valence-corrected chi connectivity index (χ2v) is 9.86. The number of hydrogen-bond acceptors (Lipinski definition) is 4. The van der Waals surface area contributed by atoms with Crippen LogP contribution in [0.2, 0.25) is 0 Å². The van der Waals surface area contributed by atoms with Crippen LogP contribution in [0.25, 0.3) is 0 Å². The van der Waals surface area contributed by atoms with Crippen molar-refractivity contribution in [3.8, 4) is 0 Å². The summed E-state index contributed by atoms with van der Waals surface area (Å²) in [6.45, 7) is 4.01. The highest BCUT2D eigenvalue weighted by molar-refractivity contribution is 7.92. The Morgan fingerprint density at radius 2 is 1.73 bits per heavy atom. The Morgan fingerprint density at radius 1 is 0.933 bits per heavy atom. The molecule has 1 N–H and O–H groups in total. The summed E-state index contributed by atoms with van der Waals surface area (Å²) < 4.78 is 28.1. The Bertz CT molecular complexity index is 1000. The Labute approximate surface area is 178 Å². The number of likely N-dealkylation sites (tertiary alicyclic amines) is 1. The minimum Gasteiger partial charge on any atom is -0.351 e. The summed E-state index contributed by atoms with van der Waals surface area (Å²) in [7, 11) is -3.72. The van der Waals surface area contributed by atoms with Crippen LogP contribution in [-0.4, -0.2) is 51.9 Å². The molecule has 6 nitrogen and oxygen atoms in total. The van der Waals surface area contributed by atoms with Crippen molar-refractivity contribution < 1.29 is 13.2 Å². The van der Waals surface area contributed by atoms with Crippen molar-refractivity contribution in [1.82, 2.24) is 10.2 Å². The third-order valence-electron chi connectivity index (χ3n) is 5.91. The molecule has 4 rings (SSSR count). The van der Waals surface area contributed by atoms with Crippen LogP contribution in [0.4, 0.5) is 5.69 Å². The van der Waals surface area contributed by atoms with Crippen molar-refractivity contribution in [2.24, 2.45) is 0 Å². The van der Waals surface area contributed by atoms with Crippen LogP contribution < -0.4 is 9.62 Å². The molecule has 0 unspecified atom stereocenters. The summed E-state index contributed by atoms with van der Waals surface area (Å²) in [5, 5.41) is 2.93. The molecule has 2 aliphatic rings. The Morgan fingerprint density at radius 3 is 2.57 bits per heavy atom. The van der Waals surface area contributed by atoms with Gasteiger partial charge in [-0.2, -0.15) is 0 Å². The molecule has 0 atom stereocenters. The fraction of sp³-hybridized carbons (Fsp3) is 0.435. The fourth-order valence-electron chi connectivity index (χ4n) is 4.29. The SMILES string of the molecule is O=C(NCCN1CCCCC1)c1cccc(S(=O)(=O)N2CCCc3ccccc32)c1. The molecule has 0 saturated carbocycles. The van der Waals surface area contributed by atoms with E-state index in [9.17, 15) is 13.2 Å². The predicted octanol–water partition coefficient (Wildman–Crippen LogP) is 3.04. The largest absolute Gasteiger partial charge is 0.351 e. The van der Waals surface area contributed by atoms with Gasteiger partial charge in [0.05, 0.1) is 10.6 Å². The molecular weight excluding hydrogens is 398 g/mol. The second-order valence-electron chi connectivity index (χ2n) is 8.00. The number of fused-ring (bicyclic) bond motifs is 1. The maximum atomic E-state index is 13.3. The molecule has 1 saturated heterocycles. The smallest absolute Gasteiger partial charge is 0.264 e. The first-order chi connectivity index (χ1) is 14.6. The molecule has 7 heteroatoms. The lowest BCUT2D eigenvalue weighted by molar-refractivity contribution is 0.0946. The maximum absolute atomic E-state index is 13.3. The molecule has 2 aromatic carbocycles. The first kappa shape index (κ1) is 20.9. The second kappa shape index (κ2) is 9.18. The molecule has 160 valence electrons. The average molecular weight is 428 g/mol. The highest BCUT2D eigenvalue weighted by Crippen LogP contribution is 2.31. The summed E-state index contributed by atoms with van der Waals surface area (Å²) in [5.74, 6) is -0.233. The van der Waals surface area contributed by atoms with Crippen LogP contribution in [0.5, 0.6) is 0 Å². The topological polar surface area (TPSA) is 69.7 Å². The minimum absolute atomic E-state index is 0.155. The molecule has 0 radical (unpaired) electrons. The molecule has 1 fully saturated rings. The van der Waals surface area contributed by atoms with E-state index in [1.807, 2.05) is 24.3 Å². The van der Waals surface area contributed by atoms with Gasteiger partial charge >= 0.3 is 0 Å². The average Bonchev–Trinajstić information content (AvgIpc) is 2.79. The number of amides is 1. The first-order valence-corrected chi connectivity index (χ1v) is 12.2. The third-order valence-corrected chi connectivity index (χ3v) is 7.72. The number of carbonyl (C=O) groups excluding carboxylic acids is 1. The minimum atomic E-state index is -3.72. The van der Waals surface area contributed by atoms with Gasteiger partial charge in [-0.3, -0.25) is 9.10 Å². The Hall–Kier alpha value is -2.38. The lowest BCUT2D eigenvalue weighted by Crippen LogP contribution is -2.38. The Kier molecular flexibility index (Phi) is 6.39. The summed E-state index contributed by atoms with van der Waals surface area (Å²) in [5.41, 5.74) is 2.15. The van der Waals surface area contributed by atoms with Gasteiger partial charge in [0.1, 0.15) is 0 Å². The number of benzene rings is 2. The normalized spacial score (nSPS) is 17.4. The van der Waals surface area contributed by atoms with E-state index in [1.54, 1.807) is 18.2 Å². The molecule has 0 bridgehead atoms. The molecular formula is C23H29N3O3S. The molecule has 2 aliphatic heterocycles. The number of carbonyl (C=O) groups is 1. The van der Waals surface area contributed by atoms with Gasteiger partial charge in [-0.25, -0.2) is 8.42 Å². The molecule has 0 aromatic heterocycles. The number of para-hydroxylation sites is 1. The molecule has 2 heterocycles. The van der Waals surface area contributed by atoms with Crippen molar-refractivity contribution in [2.45, 2.75) is 37.0 Å². The van der Waals surface area contributed by atoms with E-state index in [2.05, 4.69) is 10.2 Å². The lowest BCUT2D eigenvalue weighted by atomic mass is 10.0. The fourth-order valence-corrected chi connectivity index (χ4v) is 5.87. The van der Waals surface area contributed by atoms with E-state index < -0.39 is 10.0 Å².